The summed E-state index contributed by atoms with van der Waals surface area (Å²) in [4.78, 5) is 38.9. The summed E-state index contributed by atoms with van der Waals surface area (Å²) in [6, 6.07) is 16.4. The van der Waals surface area contributed by atoms with Crippen LogP contribution in [-0.4, -0.2) is 31.6 Å². The molecule has 0 aromatic heterocycles. The molecule has 36 heavy (non-hydrogen) atoms. The zero-order valence-electron chi connectivity index (χ0n) is 19.6. The lowest BCUT2D eigenvalue weighted by Crippen LogP contribution is -2.54. The number of hydrogen-bond donors (Lipinski definition) is 1. The first-order chi connectivity index (χ1) is 17.4. The van der Waals surface area contributed by atoms with E-state index in [1.807, 2.05) is 0 Å². The predicted octanol–water partition coefficient (Wildman–Crippen LogP) is 4.48. The summed E-state index contributed by atoms with van der Waals surface area (Å²) in [5.41, 5.74) is 1.20. The molecule has 0 atom stereocenters. The van der Waals surface area contributed by atoms with Crippen molar-refractivity contribution < 1.29 is 33.0 Å². The van der Waals surface area contributed by atoms with Gasteiger partial charge in [0.1, 0.15) is 23.7 Å². The van der Waals surface area contributed by atoms with Crippen molar-refractivity contribution in [3.8, 4) is 17.2 Å². The van der Waals surface area contributed by atoms with Gasteiger partial charge in [0, 0.05) is 0 Å². The highest BCUT2D eigenvalue weighted by atomic mass is 19.1. The number of carbonyl (C=O) groups excluding carboxylic acids is 3. The highest BCUT2D eigenvalue weighted by Gasteiger charge is 2.36. The van der Waals surface area contributed by atoms with Gasteiger partial charge in [0.25, 0.3) is 11.8 Å². The zero-order valence-corrected chi connectivity index (χ0v) is 19.6. The summed E-state index contributed by atoms with van der Waals surface area (Å²) in [5, 5.41) is 2.19. The molecule has 4 rings (SSSR count). The quantitative estimate of drug-likeness (QED) is 0.370. The maximum absolute atomic E-state index is 13.4. The van der Waals surface area contributed by atoms with Gasteiger partial charge in [-0.05, 0) is 72.7 Å². The number of nitrogens with zero attached hydrogens (tertiary/aromatic N) is 1. The average molecular weight is 490 g/mol. The number of rotatable bonds is 8. The van der Waals surface area contributed by atoms with Gasteiger partial charge in [-0.1, -0.05) is 18.2 Å². The molecule has 0 spiro atoms. The molecule has 0 bridgehead atoms. The Labute approximate surface area is 206 Å². The molecule has 1 saturated heterocycles. The van der Waals surface area contributed by atoms with Crippen LogP contribution in [0.25, 0.3) is 6.08 Å². The molecule has 0 unspecified atom stereocenters. The lowest BCUT2D eigenvalue weighted by atomic mass is 10.1. The van der Waals surface area contributed by atoms with E-state index in [2.05, 4.69) is 5.32 Å². The maximum atomic E-state index is 13.4. The number of carbonyl (C=O) groups is 3. The minimum atomic E-state index is -0.844. The SMILES string of the molecule is CCOc1cc(/C=C2\C(=O)NC(=O)N(c3ccc(OC)cc3)C2=O)ccc1OCc1cccc(F)c1. The molecular formula is C27H23FN2O6. The number of ether oxygens (including phenoxy) is 3. The number of nitrogens with one attached hydrogen (secondary N) is 1. The molecule has 1 heterocycles. The predicted molar refractivity (Wildman–Crippen MR) is 130 cm³/mol. The lowest BCUT2D eigenvalue weighted by molar-refractivity contribution is -0.122. The smallest absolute Gasteiger partial charge is 0.335 e. The number of amides is 4. The molecule has 1 N–H and O–H groups in total. The molecule has 8 nitrogen and oxygen atoms in total. The Balaban J connectivity index is 1.60. The summed E-state index contributed by atoms with van der Waals surface area (Å²) < 4.78 is 30.0. The van der Waals surface area contributed by atoms with Crippen molar-refractivity contribution in [3.63, 3.8) is 0 Å². The third-order valence-electron chi connectivity index (χ3n) is 5.29. The van der Waals surface area contributed by atoms with Crippen LogP contribution < -0.4 is 24.4 Å². The molecule has 1 fully saturated rings. The van der Waals surface area contributed by atoms with Gasteiger partial charge in [0.05, 0.1) is 19.4 Å². The maximum Gasteiger partial charge on any atom is 0.335 e. The monoisotopic (exact) mass is 490 g/mol. The van der Waals surface area contributed by atoms with Gasteiger partial charge in [-0.25, -0.2) is 14.1 Å². The van der Waals surface area contributed by atoms with Crippen LogP contribution in [0.2, 0.25) is 0 Å². The van der Waals surface area contributed by atoms with Crippen molar-refractivity contribution in [2.45, 2.75) is 13.5 Å². The van der Waals surface area contributed by atoms with E-state index in [-0.39, 0.29) is 23.7 Å². The Bertz CT molecular complexity index is 1340. The number of anilines is 1. The van der Waals surface area contributed by atoms with E-state index in [0.29, 0.717) is 35.0 Å². The van der Waals surface area contributed by atoms with Crippen LogP contribution in [0.1, 0.15) is 18.1 Å². The fourth-order valence-electron chi connectivity index (χ4n) is 3.58. The molecule has 0 saturated carbocycles. The average Bonchev–Trinajstić information content (AvgIpc) is 2.86. The summed E-state index contributed by atoms with van der Waals surface area (Å²) in [5.74, 6) is -0.579. The van der Waals surface area contributed by atoms with Crippen LogP contribution in [0, 0.1) is 5.82 Å². The highest BCUT2D eigenvalue weighted by Crippen LogP contribution is 2.31. The van der Waals surface area contributed by atoms with E-state index in [1.54, 1.807) is 61.5 Å². The van der Waals surface area contributed by atoms with Crippen LogP contribution in [-0.2, 0) is 16.2 Å². The molecule has 0 aliphatic carbocycles. The molecule has 1 aliphatic heterocycles. The Morgan fingerprint density at radius 2 is 1.72 bits per heavy atom. The Morgan fingerprint density at radius 3 is 2.42 bits per heavy atom. The Morgan fingerprint density at radius 1 is 0.944 bits per heavy atom. The van der Waals surface area contributed by atoms with Crippen LogP contribution in [0.15, 0.2) is 72.3 Å². The summed E-state index contributed by atoms with van der Waals surface area (Å²) in [6.45, 7) is 2.27. The first-order valence-electron chi connectivity index (χ1n) is 11.1. The van der Waals surface area contributed by atoms with Gasteiger partial charge < -0.3 is 14.2 Å². The number of hydrogen-bond acceptors (Lipinski definition) is 6. The lowest BCUT2D eigenvalue weighted by Gasteiger charge is -2.26. The van der Waals surface area contributed by atoms with Gasteiger partial charge >= 0.3 is 6.03 Å². The number of methoxy groups -OCH3 is 1. The van der Waals surface area contributed by atoms with Gasteiger partial charge in [-0.3, -0.25) is 14.9 Å². The second kappa shape index (κ2) is 10.7. The van der Waals surface area contributed by atoms with E-state index < -0.39 is 17.8 Å². The van der Waals surface area contributed by atoms with Crippen molar-refractivity contribution >= 4 is 29.6 Å². The summed E-state index contributed by atoms with van der Waals surface area (Å²) in [7, 11) is 1.50. The normalized spacial score (nSPS) is 14.6. The van der Waals surface area contributed by atoms with E-state index >= 15 is 0 Å². The second-order valence-electron chi connectivity index (χ2n) is 7.71. The second-order valence-corrected chi connectivity index (χ2v) is 7.71. The topological polar surface area (TPSA) is 94.2 Å². The fourth-order valence-corrected chi connectivity index (χ4v) is 3.58. The first kappa shape index (κ1) is 24.5. The Hall–Kier alpha value is -4.66. The van der Waals surface area contributed by atoms with Gasteiger partial charge in [0.15, 0.2) is 11.5 Å². The van der Waals surface area contributed by atoms with Crippen molar-refractivity contribution in [1.29, 1.82) is 0 Å². The van der Waals surface area contributed by atoms with Crippen molar-refractivity contribution in [2.24, 2.45) is 0 Å². The van der Waals surface area contributed by atoms with Gasteiger partial charge in [-0.2, -0.15) is 0 Å². The van der Waals surface area contributed by atoms with E-state index in [0.717, 1.165) is 4.90 Å². The molecule has 4 amide bonds. The number of halogens is 1. The molecule has 0 radical (unpaired) electrons. The van der Waals surface area contributed by atoms with Crippen LogP contribution in [0.5, 0.6) is 17.2 Å². The van der Waals surface area contributed by atoms with E-state index in [9.17, 15) is 18.8 Å². The summed E-state index contributed by atoms with van der Waals surface area (Å²) in [6.07, 6.45) is 1.37. The third kappa shape index (κ3) is 5.35. The number of urea groups is 1. The van der Waals surface area contributed by atoms with Crippen molar-refractivity contribution in [3.05, 3.63) is 89.2 Å². The van der Waals surface area contributed by atoms with E-state index in [4.69, 9.17) is 14.2 Å². The van der Waals surface area contributed by atoms with Crippen LogP contribution in [0.3, 0.4) is 0 Å². The largest absolute Gasteiger partial charge is 0.497 e. The molecule has 1 aliphatic rings. The molecule has 3 aromatic carbocycles. The number of imide groups is 2. The summed E-state index contributed by atoms with van der Waals surface area (Å²) >= 11 is 0. The highest BCUT2D eigenvalue weighted by molar-refractivity contribution is 6.39. The number of benzene rings is 3. The minimum Gasteiger partial charge on any atom is -0.497 e. The van der Waals surface area contributed by atoms with Gasteiger partial charge in [-0.15, -0.1) is 0 Å². The van der Waals surface area contributed by atoms with Crippen LogP contribution >= 0.6 is 0 Å². The van der Waals surface area contributed by atoms with Crippen LogP contribution in [0.4, 0.5) is 14.9 Å². The Kier molecular flexibility index (Phi) is 7.29. The standard InChI is InChI=1S/C27H23FN2O6/c1-3-35-24-15-17(7-12-23(24)36-16-18-5-4-6-19(28)13-18)14-22-25(31)29-27(33)30(26(22)32)20-8-10-21(34-2)11-9-20/h4-15H,3,16H2,1-2H3,(H,29,31,33)/b22-14+. The third-order valence-corrected chi connectivity index (χ3v) is 5.29. The van der Waals surface area contributed by atoms with E-state index in [1.165, 1.54) is 25.3 Å². The van der Waals surface area contributed by atoms with Gasteiger partial charge in [0.2, 0.25) is 0 Å². The molecule has 3 aromatic rings. The molecular weight excluding hydrogens is 467 g/mol. The molecule has 184 valence electrons. The van der Waals surface area contributed by atoms with Crippen molar-refractivity contribution in [1.82, 2.24) is 5.32 Å². The number of barbiturate groups is 1. The first-order valence-corrected chi connectivity index (χ1v) is 11.1. The fraction of sp³-hybridized carbons (Fsp3) is 0.148. The van der Waals surface area contributed by atoms with Crippen molar-refractivity contribution in [2.75, 3.05) is 18.6 Å². The minimum absolute atomic E-state index is 0.123. The molecule has 9 heteroatoms. The zero-order chi connectivity index (χ0) is 25.7.